The van der Waals surface area contributed by atoms with Gasteiger partial charge in [0, 0.05) is 18.3 Å². The Balaban J connectivity index is 1.66. The topological polar surface area (TPSA) is 58.0 Å². The first-order valence-electron chi connectivity index (χ1n) is 6.93. The summed E-state index contributed by atoms with van der Waals surface area (Å²) in [5.74, 6) is 0. The molecule has 0 spiro atoms. The highest BCUT2D eigenvalue weighted by Crippen LogP contribution is 2.19. The Kier molecular flexibility index (Phi) is 4.55. The molecule has 2 atom stereocenters. The van der Waals surface area contributed by atoms with Gasteiger partial charge in [-0.3, -0.25) is 10.4 Å². The van der Waals surface area contributed by atoms with Gasteiger partial charge in [-0.05, 0) is 30.4 Å². The number of hydrogen-bond donors (Lipinski definition) is 2. The SMILES string of the molecule is FC1C=CN=C2/C(=N\NC(=S)Nc3ccccc3)CCOC21. The Morgan fingerprint density at radius 3 is 3.00 bits per heavy atom. The lowest BCUT2D eigenvalue weighted by Crippen LogP contribution is -2.45. The van der Waals surface area contributed by atoms with Gasteiger partial charge in [0.2, 0.25) is 0 Å². The summed E-state index contributed by atoms with van der Waals surface area (Å²) >= 11 is 5.19. The van der Waals surface area contributed by atoms with E-state index in [9.17, 15) is 4.39 Å². The Labute approximate surface area is 133 Å². The molecule has 0 saturated carbocycles. The van der Waals surface area contributed by atoms with E-state index < -0.39 is 12.3 Å². The fourth-order valence-corrected chi connectivity index (χ4v) is 2.43. The zero-order valence-electron chi connectivity index (χ0n) is 11.7. The van der Waals surface area contributed by atoms with E-state index in [0.29, 0.717) is 29.6 Å². The first-order chi connectivity index (χ1) is 10.7. The molecule has 2 N–H and O–H groups in total. The predicted molar refractivity (Wildman–Crippen MR) is 89.1 cm³/mol. The van der Waals surface area contributed by atoms with Crippen molar-refractivity contribution < 1.29 is 9.13 Å². The standard InChI is InChI=1S/C15H15FN4OS/c16-11-6-8-17-13-12(7-9-21-14(11)13)19-20-15(22)18-10-4-2-1-3-5-10/h1-6,8,11,14H,7,9H2,(H2,18,20,22)/b19-12-. The van der Waals surface area contributed by atoms with Crippen LogP contribution < -0.4 is 10.7 Å². The zero-order valence-corrected chi connectivity index (χ0v) is 12.5. The van der Waals surface area contributed by atoms with E-state index in [1.165, 1.54) is 12.3 Å². The number of anilines is 1. The van der Waals surface area contributed by atoms with E-state index in [2.05, 4.69) is 20.8 Å². The molecular weight excluding hydrogens is 303 g/mol. The van der Waals surface area contributed by atoms with E-state index in [1.807, 2.05) is 30.3 Å². The summed E-state index contributed by atoms with van der Waals surface area (Å²) in [6, 6.07) is 9.53. The second-order valence-electron chi connectivity index (χ2n) is 4.83. The molecule has 1 saturated heterocycles. The molecular formula is C15H15FN4OS. The van der Waals surface area contributed by atoms with Crippen LogP contribution in [-0.4, -0.2) is 35.4 Å². The number of hydrazone groups is 1. The lowest BCUT2D eigenvalue weighted by molar-refractivity contribution is 0.0559. The second kappa shape index (κ2) is 6.76. The molecule has 3 rings (SSSR count). The van der Waals surface area contributed by atoms with Gasteiger partial charge in [0.05, 0.1) is 18.0 Å². The van der Waals surface area contributed by atoms with Crippen LogP contribution in [0.2, 0.25) is 0 Å². The van der Waals surface area contributed by atoms with E-state index >= 15 is 0 Å². The molecule has 7 heteroatoms. The highest BCUT2D eigenvalue weighted by Gasteiger charge is 2.34. The van der Waals surface area contributed by atoms with Crippen molar-refractivity contribution in [1.82, 2.24) is 5.43 Å². The first-order valence-corrected chi connectivity index (χ1v) is 7.34. The number of ether oxygens (including phenoxy) is 1. The van der Waals surface area contributed by atoms with Gasteiger partial charge < -0.3 is 10.1 Å². The number of rotatable bonds is 2. The van der Waals surface area contributed by atoms with Gasteiger partial charge in [0.1, 0.15) is 6.10 Å². The third-order valence-corrected chi connectivity index (χ3v) is 3.49. The van der Waals surface area contributed by atoms with Crippen molar-refractivity contribution >= 4 is 34.4 Å². The van der Waals surface area contributed by atoms with Crippen LogP contribution in [0.1, 0.15) is 6.42 Å². The summed E-state index contributed by atoms with van der Waals surface area (Å²) < 4.78 is 19.2. The van der Waals surface area contributed by atoms with Crippen LogP contribution in [0, 0.1) is 0 Å². The number of halogens is 1. The zero-order chi connectivity index (χ0) is 15.4. The number of benzene rings is 1. The van der Waals surface area contributed by atoms with Gasteiger partial charge in [0.25, 0.3) is 0 Å². The number of para-hydroxylation sites is 1. The largest absolute Gasteiger partial charge is 0.368 e. The van der Waals surface area contributed by atoms with Gasteiger partial charge in [-0.2, -0.15) is 5.10 Å². The Bertz CT molecular complexity index is 644. The monoisotopic (exact) mass is 318 g/mol. The fraction of sp³-hybridized carbons (Fsp3) is 0.267. The van der Waals surface area contributed by atoms with E-state index in [-0.39, 0.29) is 0 Å². The minimum Gasteiger partial charge on any atom is -0.368 e. The van der Waals surface area contributed by atoms with Gasteiger partial charge in [-0.25, -0.2) is 4.39 Å². The third-order valence-electron chi connectivity index (χ3n) is 3.30. The number of hydrogen-bond acceptors (Lipinski definition) is 4. The van der Waals surface area contributed by atoms with Crippen molar-refractivity contribution in [2.75, 3.05) is 11.9 Å². The highest BCUT2D eigenvalue weighted by atomic mass is 32.1. The van der Waals surface area contributed by atoms with Gasteiger partial charge in [-0.15, -0.1) is 0 Å². The molecule has 0 aliphatic carbocycles. The maximum atomic E-state index is 13.8. The summed E-state index contributed by atoms with van der Waals surface area (Å²) in [4.78, 5) is 4.18. The summed E-state index contributed by atoms with van der Waals surface area (Å²) in [5.41, 5.74) is 4.83. The fourth-order valence-electron chi connectivity index (χ4n) is 2.26. The Morgan fingerprint density at radius 2 is 2.18 bits per heavy atom. The molecule has 0 amide bonds. The summed E-state index contributed by atoms with van der Waals surface area (Å²) in [5, 5.41) is 7.63. The van der Waals surface area contributed by atoms with Crippen LogP contribution >= 0.6 is 12.2 Å². The number of nitrogens with zero attached hydrogens (tertiary/aromatic N) is 2. The molecule has 2 aliphatic heterocycles. The van der Waals surface area contributed by atoms with E-state index in [0.717, 1.165) is 5.69 Å². The highest BCUT2D eigenvalue weighted by molar-refractivity contribution is 7.80. The summed E-state index contributed by atoms with van der Waals surface area (Å²) in [6.07, 6.45) is 1.53. The predicted octanol–water partition coefficient (Wildman–Crippen LogP) is 2.42. The van der Waals surface area contributed by atoms with Crippen LogP contribution in [0.15, 0.2) is 52.7 Å². The van der Waals surface area contributed by atoms with Crippen molar-refractivity contribution in [1.29, 1.82) is 0 Å². The average molecular weight is 318 g/mol. The molecule has 114 valence electrons. The number of aliphatic imine (C=N–C) groups is 1. The minimum atomic E-state index is -1.19. The molecule has 2 aliphatic rings. The lowest BCUT2D eigenvalue weighted by Gasteiger charge is -2.28. The maximum Gasteiger partial charge on any atom is 0.191 e. The number of fused-ring (bicyclic) bond motifs is 1. The normalized spacial score (nSPS) is 25.3. The quantitative estimate of drug-likeness (QED) is 0.649. The summed E-state index contributed by atoms with van der Waals surface area (Å²) in [7, 11) is 0. The van der Waals surface area contributed by atoms with Gasteiger partial charge in [0.15, 0.2) is 11.3 Å². The molecule has 22 heavy (non-hydrogen) atoms. The molecule has 2 heterocycles. The van der Waals surface area contributed by atoms with E-state index in [1.54, 1.807) is 0 Å². The second-order valence-corrected chi connectivity index (χ2v) is 5.24. The van der Waals surface area contributed by atoms with Crippen LogP contribution in [0.25, 0.3) is 0 Å². The van der Waals surface area contributed by atoms with Crippen molar-refractivity contribution in [3.8, 4) is 0 Å². The Hall–Kier alpha value is -2.12. The number of alkyl halides is 1. The average Bonchev–Trinajstić information content (AvgIpc) is 2.54. The third kappa shape index (κ3) is 3.37. The van der Waals surface area contributed by atoms with Crippen molar-refractivity contribution in [2.24, 2.45) is 10.1 Å². The van der Waals surface area contributed by atoms with Gasteiger partial charge >= 0.3 is 0 Å². The Morgan fingerprint density at radius 1 is 1.36 bits per heavy atom. The molecule has 0 bridgehead atoms. The van der Waals surface area contributed by atoms with Gasteiger partial charge in [-0.1, -0.05) is 18.2 Å². The van der Waals surface area contributed by atoms with E-state index in [4.69, 9.17) is 17.0 Å². The molecule has 0 radical (unpaired) electrons. The van der Waals surface area contributed by atoms with Crippen molar-refractivity contribution in [2.45, 2.75) is 18.7 Å². The van der Waals surface area contributed by atoms with Crippen LogP contribution in [0.3, 0.4) is 0 Å². The molecule has 1 aromatic rings. The number of nitrogens with one attached hydrogen (secondary N) is 2. The number of thiocarbonyl (C=S) groups is 1. The van der Waals surface area contributed by atoms with Crippen molar-refractivity contribution in [3.05, 3.63) is 42.6 Å². The first kappa shape index (κ1) is 14.8. The van der Waals surface area contributed by atoms with Crippen LogP contribution in [0.4, 0.5) is 10.1 Å². The van der Waals surface area contributed by atoms with Crippen LogP contribution in [-0.2, 0) is 4.74 Å². The molecule has 1 fully saturated rings. The van der Waals surface area contributed by atoms with Crippen molar-refractivity contribution in [3.63, 3.8) is 0 Å². The minimum absolute atomic E-state index is 0.366. The lowest BCUT2D eigenvalue weighted by atomic mass is 9.98. The van der Waals surface area contributed by atoms with Crippen LogP contribution in [0.5, 0.6) is 0 Å². The molecule has 2 unspecified atom stereocenters. The maximum absolute atomic E-state index is 13.8. The summed E-state index contributed by atoms with van der Waals surface area (Å²) in [6.45, 7) is 0.414. The smallest absolute Gasteiger partial charge is 0.191 e. The molecule has 5 nitrogen and oxygen atoms in total. The molecule has 1 aromatic carbocycles. The molecule has 0 aromatic heterocycles.